The van der Waals surface area contributed by atoms with Crippen LogP contribution in [0.3, 0.4) is 0 Å². The molecule has 1 saturated heterocycles. The topological polar surface area (TPSA) is 93.7 Å². The fourth-order valence-corrected chi connectivity index (χ4v) is 4.26. The molecule has 0 aliphatic carbocycles. The molecule has 1 aromatic heterocycles. The highest BCUT2D eigenvalue weighted by Crippen LogP contribution is 2.35. The highest BCUT2D eigenvalue weighted by molar-refractivity contribution is 7.15. The van der Waals surface area contributed by atoms with Crippen LogP contribution in [0, 0.1) is 0 Å². The monoisotopic (exact) mass is 438 g/mol. The lowest BCUT2D eigenvalue weighted by molar-refractivity contribution is -0.117. The molecule has 0 spiro atoms. The van der Waals surface area contributed by atoms with Crippen molar-refractivity contribution in [2.45, 2.75) is 19.3 Å². The summed E-state index contributed by atoms with van der Waals surface area (Å²) in [7, 11) is 1.60. The normalized spacial score (nSPS) is 15.7. The van der Waals surface area contributed by atoms with E-state index in [-0.39, 0.29) is 17.7 Å². The van der Waals surface area contributed by atoms with Gasteiger partial charge in [0.1, 0.15) is 16.5 Å². The number of nitrogens with zero attached hydrogens (tertiary/aromatic N) is 3. The number of benzene rings is 2. The Balaban J connectivity index is 1.44. The van der Waals surface area contributed by atoms with Gasteiger partial charge in [-0.15, -0.1) is 10.2 Å². The number of nitrogens with one attached hydrogen (secondary N) is 1. The molecule has 2 amide bonds. The van der Waals surface area contributed by atoms with E-state index in [0.717, 1.165) is 16.4 Å². The fraction of sp³-hybridized carbons (Fsp3) is 0.273. The van der Waals surface area contributed by atoms with Gasteiger partial charge in [-0.2, -0.15) is 0 Å². The molecule has 1 aliphatic heterocycles. The second-order valence-corrected chi connectivity index (χ2v) is 7.94. The number of methoxy groups -OCH3 is 1. The maximum atomic E-state index is 12.7. The number of hydrogen-bond donors (Lipinski definition) is 1. The summed E-state index contributed by atoms with van der Waals surface area (Å²) < 4.78 is 10.7. The van der Waals surface area contributed by atoms with Gasteiger partial charge in [0.2, 0.25) is 11.0 Å². The standard InChI is InChI=1S/C22H22N4O4S/c1-3-30-18-7-5-4-6-17(18)20(28)23-22-25-24-21(31-22)14-12-19(27)26(13-14)15-8-10-16(29-2)11-9-15/h4-11,14H,3,12-13H2,1-2H3,(H,23,25,28). The molecule has 1 unspecified atom stereocenters. The second kappa shape index (κ2) is 9.13. The van der Waals surface area contributed by atoms with Gasteiger partial charge in [0.15, 0.2) is 0 Å². The predicted octanol–water partition coefficient (Wildman–Crippen LogP) is 3.72. The highest BCUT2D eigenvalue weighted by Gasteiger charge is 2.34. The van der Waals surface area contributed by atoms with Crippen LogP contribution in [0.5, 0.6) is 11.5 Å². The van der Waals surface area contributed by atoms with E-state index >= 15 is 0 Å². The van der Waals surface area contributed by atoms with E-state index in [9.17, 15) is 9.59 Å². The summed E-state index contributed by atoms with van der Waals surface area (Å²) in [4.78, 5) is 26.9. The molecule has 3 aromatic rings. The Bertz CT molecular complexity index is 1080. The molecule has 31 heavy (non-hydrogen) atoms. The SMILES string of the molecule is CCOc1ccccc1C(=O)Nc1nnc(C2CC(=O)N(c3ccc(OC)cc3)C2)s1. The Morgan fingerprint density at radius 2 is 1.97 bits per heavy atom. The first-order valence-corrected chi connectivity index (χ1v) is 10.7. The maximum absolute atomic E-state index is 12.7. The van der Waals surface area contributed by atoms with Crippen molar-refractivity contribution >= 4 is 34.0 Å². The number of carbonyl (C=O) groups is 2. The summed E-state index contributed by atoms with van der Waals surface area (Å²) >= 11 is 1.28. The largest absolute Gasteiger partial charge is 0.497 e. The van der Waals surface area contributed by atoms with Crippen LogP contribution in [0.15, 0.2) is 48.5 Å². The molecule has 0 bridgehead atoms. The van der Waals surface area contributed by atoms with Crippen LogP contribution in [0.2, 0.25) is 0 Å². The van der Waals surface area contributed by atoms with Crippen LogP contribution < -0.4 is 19.7 Å². The van der Waals surface area contributed by atoms with Gasteiger partial charge in [-0.25, -0.2) is 0 Å². The van der Waals surface area contributed by atoms with Crippen LogP contribution in [-0.2, 0) is 4.79 Å². The fourth-order valence-electron chi connectivity index (χ4n) is 3.43. The summed E-state index contributed by atoms with van der Waals surface area (Å²) in [5, 5.41) is 12.2. The van der Waals surface area contributed by atoms with Gasteiger partial charge in [-0.05, 0) is 43.3 Å². The van der Waals surface area contributed by atoms with Crippen molar-refractivity contribution in [1.82, 2.24) is 10.2 Å². The van der Waals surface area contributed by atoms with Gasteiger partial charge in [0.05, 0.1) is 19.3 Å². The third kappa shape index (κ3) is 4.51. The number of para-hydroxylation sites is 1. The van der Waals surface area contributed by atoms with Gasteiger partial charge in [-0.1, -0.05) is 23.5 Å². The van der Waals surface area contributed by atoms with Gasteiger partial charge in [0, 0.05) is 24.6 Å². The molecule has 2 heterocycles. The number of ether oxygens (including phenoxy) is 2. The van der Waals surface area contributed by atoms with Gasteiger partial charge >= 0.3 is 0 Å². The Hall–Kier alpha value is -3.46. The van der Waals surface area contributed by atoms with Crippen LogP contribution in [0.25, 0.3) is 0 Å². The molecule has 4 rings (SSSR count). The maximum Gasteiger partial charge on any atom is 0.261 e. The van der Waals surface area contributed by atoms with Crippen molar-refractivity contribution in [3.63, 3.8) is 0 Å². The van der Waals surface area contributed by atoms with Gasteiger partial charge < -0.3 is 14.4 Å². The minimum Gasteiger partial charge on any atom is -0.497 e. The molecule has 8 nitrogen and oxygen atoms in total. The summed E-state index contributed by atoms with van der Waals surface area (Å²) in [5.41, 5.74) is 1.25. The average Bonchev–Trinajstić information content (AvgIpc) is 3.41. The van der Waals surface area contributed by atoms with Crippen molar-refractivity contribution in [2.24, 2.45) is 0 Å². The summed E-state index contributed by atoms with van der Waals surface area (Å²) in [6.45, 7) is 2.85. The smallest absolute Gasteiger partial charge is 0.261 e. The molecule has 1 atom stereocenters. The molecular weight excluding hydrogens is 416 g/mol. The second-order valence-electron chi connectivity index (χ2n) is 6.93. The molecule has 1 N–H and O–H groups in total. The minimum absolute atomic E-state index is 0.0293. The van der Waals surface area contributed by atoms with Crippen molar-refractivity contribution in [1.29, 1.82) is 0 Å². The number of aromatic nitrogens is 2. The van der Waals surface area contributed by atoms with Gasteiger partial charge in [-0.3, -0.25) is 14.9 Å². The molecule has 2 aromatic carbocycles. The molecular formula is C22H22N4O4S. The Kier molecular flexibility index (Phi) is 6.13. The van der Waals surface area contributed by atoms with E-state index < -0.39 is 0 Å². The van der Waals surface area contributed by atoms with Crippen molar-refractivity contribution in [3.8, 4) is 11.5 Å². The van der Waals surface area contributed by atoms with E-state index in [2.05, 4.69) is 15.5 Å². The molecule has 1 fully saturated rings. The third-order valence-electron chi connectivity index (χ3n) is 4.95. The van der Waals surface area contributed by atoms with Crippen molar-refractivity contribution in [3.05, 3.63) is 59.1 Å². The summed E-state index contributed by atoms with van der Waals surface area (Å²) in [6, 6.07) is 14.4. The zero-order chi connectivity index (χ0) is 21.8. The van der Waals surface area contributed by atoms with Crippen LogP contribution in [0.1, 0.15) is 34.6 Å². The Labute approximate surface area is 183 Å². The van der Waals surface area contributed by atoms with E-state index in [1.807, 2.05) is 37.3 Å². The number of carbonyl (C=O) groups excluding carboxylic acids is 2. The first-order valence-electron chi connectivity index (χ1n) is 9.90. The number of rotatable bonds is 7. The van der Waals surface area contributed by atoms with Gasteiger partial charge in [0.25, 0.3) is 5.91 Å². The van der Waals surface area contributed by atoms with E-state index in [4.69, 9.17) is 9.47 Å². The Morgan fingerprint density at radius 1 is 1.19 bits per heavy atom. The van der Waals surface area contributed by atoms with Crippen molar-refractivity contribution in [2.75, 3.05) is 30.5 Å². The average molecular weight is 439 g/mol. The number of amides is 2. The quantitative estimate of drug-likeness (QED) is 0.604. The number of anilines is 2. The molecule has 1 aliphatic rings. The summed E-state index contributed by atoms with van der Waals surface area (Å²) in [6.07, 6.45) is 0.349. The lowest BCUT2D eigenvalue weighted by Gasteiger charge is -2.16. The first kappa shape index (κ1) is 20.8. The van der Waals surface area contributed by atoms with E-state index in [0.29, 0.717) is 36.0 Å². The number of hydrogen-bond acceptors (Lipinski definition) is 7. The molecule has 0 saturated carbocycles. The Morgan fingerprint density at radius 3 is 2.71 bits per heavy atom. The molecule has 0 radical (unpaired) electrons. The zero-order valence-electron chi connectivity index (χ0n) is 17.2. The lowest BCUT2D eigenvalue weighted by atomic mass is 10.1. The first-order chi connectivity index (χ1) is 15.1. The highest BCUT2D eigenvalue weighted by atomic mass is 32.1. The summed E-state index contributed by atoms with van der Waals surface area (Å²) in [5.74, 6) is 0.898. The van der Waals surface area contributed by atoms with Crippen LogP contribution in [-0.4, -0.2) is 42.3 Å². The van der Waals surface area contributed by atoms with Crippen LogP contribution >= 0.6 is 11.3 Å². The van der Waals surface area contributed by atoms with E-state index in [1.54, 1.807) is 30.2 Å². The predicted molar refractivity (Wildman–Crippen MR) is 118 cm³/mol. The lowest BCUT2D eigenvalue weighted by Crippen LogP contribution is -2.24. The molecule has 9 heteroatoms. The van der Waals surface area contributed by atoms with Crippen LogP contribution in [0.4, 0.5) is 10.8 Å². The minimum atomic E-state index is -0.311. The zero-order valence-corrected chi connectivity index (χ0v) is 18.0. The van der Waals surface area contributed by atoms with Crippen molar-refractivity contribution < 1.29 is 19.1 Å². The third-order valence-corrected chi connectivity index (χ3v) is 5.95. The molecule has 160 valence electrons. The van der Waals surface area contributed by atoms with E-state index in [1.165, 1.54) is 11.3 Å².